The highest BCUT2D eigenvalue weighted by Gasteiger charge is 2.16. The van der Waals surface area contributed by atoms with Gasteiger partial charge >= 0.3 is 0 Å². The Hall–Kier alpha value is -1.02. The molecule has 0 amide bonds. The molecule has 1 aromatic carbocycles. The molecular formula is C16H23NO. The highest BCUT2D eigenvalue weighted by molar-refractivity contribution is 5.56. The van der Waals surface area contributed by atoms with E-state index in [-0.39, 0.29) is 0 Å². The Labute approximate surface area is 110 Å². The van der Waals surface area contributed by atoms with E-state index in [0.717, 1.165) is 13.2 Å². The Morgan fingerprint density at radius 1 is 1.28 bits per heavy atom. The second kappa shape index (κ2) is 5.75. The van der Waals surface area contributed by atoms with Crippen molar-refractivity contribution in [2.45, 2.75) is 51.0 Å². The normalized spacial score (nSPS) is 22.6. The summed E-state index contributed by atoms with van der Waals surface area (Å²) in [7, 11) is 0. The second-order valence-corrected chi connectivity index (χ2v) is 5.50. The van der Waals surface area contributed by atoms with Crippen molar-refractivity contribution >= 4 is 5.69 Å². The van der Waals surface area contributed by atoms with Gasteiger partial charge in [0.15, 0.2) is 0 Å². The van der Waals surface area contributed by atoms with Crippen LogP contribution < -0.4 is 5.32 Å². The molecule has 0 aromatic heterocycles. The first-order valence-corrected chi connectivity index (χ1v) is 7.40. The van der Waals surface area contributed by atoms with Crippen LogP contribution in [0.25, 0.3) is 0 Å². The molecular weight excluding hydrogens is 222 g/mol. The third-order valence-electron chi connectivity index (χ3n) is 4.19. The van der Waals surface area contributed by atoms with Crippen LogP contribution in [0.1, 0.15) is 43.2 Å². The van der Waals surface area contributed by atoms with Crippen molar-refractivity contribution < 1.29 is 4.74 Å². The van der Waals surface area contributed by atoms with E-state index in [4.69, 9.17) is 4.74 Å². The summed E-state index contributed by atoms with van der Waals surface area (Å²) >= 11 is 0. The minimum absolute atomic E-state index is 0.544. The number of ether oxygens (including phenoxy) is 1. The predicted octanol–water partition coefficient (Wildman–Crippen LogP) is 3.55. The fraction of sp³-hybridized carbons (Fsp3) is 0.625. The summed E-state index contributed by atoms with van der Waals surface area (Å²) in [6, 6.07) is 6.72. The van der Waals surface area contributed by atoms with E-state index in [1.807, 2.05) is 0 Å². The van der Waals surface area contributed by atoms with Crippen molar-refractivity contribution in [3.63, 3.8) is 0 Å². The summed E-state index contributed by atoms with van der Waals surface area (Å²) in [4.78, 5) is 0. The van der Waals surface area contributed by atoms with E-state index in [2.05, 4.69) is 23.5 Å². The van der Waals surface area contributed by atoms with Crippen molar-refractivity contribution in [1.82, 2.24) is 0 Å². The summed E-state index contributed by atoms with van der Waals surface area (Å²) in [6.07, 6.45) is 9.31. The van der Waals surface area contributed by atoms with Crippen LogP contribution in [0, 0.1) is 0 Å². The summed E-state index contributed by atoms with van der Waals surface area (Å²) < 4.78 is 5.69. The highest BCUT2D eigenvalue weighted by Crippen LogP contribution is 2.27. The van der Waals surface area contributed by atoms with Gasteiger partial charge in [-0.25, -0.2) is 0 Å². The van der Waals surface area contributed by atoms with Crippen LogP contribution in [0.15, 0.2) is 18.2 Å². The number of hydrogen-bond acceptors (Lipinski definition) is 2. The monoisotopic (exact) mass is 245 g/mol. The first kappa shape index (κ1) is 12.0. The van der Waals surface area contributed by atoms with Crippen LogP contribution in [0.2, 0.25) is 0 Å². The minimum atomic E-state index is 0.544. The lowest BCUT2D eigenvalue weighted by Crippen LogP contribution is -2.13. The van der Waals surface area contributed by atoms with Crippen LogP contribution in [-0.4, -0.2) is 19.3 Å². The third kappa shape index (κ3) is 2.69. The van der Waals surface area contributed by atoms with Crippen molar-refractivity contribution in [2.75, 3.05) is 18.5 Å². The topological polar surface area (TPSA) is 21.3 Å². The van der Waals surface area contributed by atoms with E-state index in [9.17, 15) is 0 Å². The smallest absolute Gasteiger partial charge is 0.0576 e. The second-order valence-electron chi connectivity index (χ2n) is 5.50. The molecule has 1 unspecified atom stereocenters. The van der Waals surface area contributed by atoms with Crippen LogP contribution in [0.5, 0.6) is 0 Å². The number of benzene rings is 1. The molecule has 0 spiro atoms. The number of anilines is 1. The molecule has 0 radical (unpaired) electrons. The average molecular weight is 245 g/mol. The van der Waals surface area contributed by atoms with E-state index in [1.54, 1.807) is 11.1 Å². The van der Waals surface area contributed by atoms with Gasteiger partial charge in [0.25, 0.3) is 0 Å². The number of rotatable bonds is 4. The standard InChI is InChI=1S/C16H23NO/c1(7-14-8-4-12-18-14)5-13-6-2-10-16-15(13)9-3-11-17-16/h2,6,10,14,17H,1,3-5,7-9,11-12H2. The first-order chi connectivity index (χ1) is 8.93. The lowest BCUT2D eigenvalue weighted by Gasteiger charge is -2.21. The molecule has 0 aliphatic carbocycles. The van der Waals surface area contributed by atoms with Gasteiger partial charge in [0.2, 0.25) is 0 Å². The molecule has 1 aromatic rings. The first-order valence-electron chi connectivity index (χ1n) is 7.40. The zero-order chi connectivity index (χ0) is 12.2. The van der Waals surface area contributed by atoms with Gasteiger partial charge in [-0.3, -0.25) is 0 Å². The summed E-state index contributed by atoms with van der Waals surface area (Å²) in [5, 5.41) is 3.51. The molecule has 1 saturated heterocycles. The lowest BCUT2D eigenvalue weighted by atomic mass is 9.94. The van der Waals surface area contributed by atoms with Gasteiger partial charge in [0.05, 0.1) is 6.10 Å². The molecule has 18 heavy (non-hydrogen) atoms. The quantitative estimate of drug-likeness (QED) is 0.876. The fourth-order valence-electron chi connectivity index (χ4n) is 3.21. The molecule has 3 rings (SSSR count). The van der Waals surface area contributed by atoms with Crippen molar-refractivity contribution in [2.24, 2.45) is 0 Å². The molecule has 0 saturated carbocycles. The van der Waals surface area contributed by atoms with Gasteiger partial charge in [-0.15, -0.1) is 0 Å². The van der Waals surface area contributed by atoms with Gasteiger partial charge in [0, 0.05) is 18.8 Å². The molecule has 1 atom stereocenters. The maximum Gasteiger partial charge on any atom is 0.0576 e. The molecule has 0 bridgehead atoms. The molecule has 98 valence electrons. The van der Waals surface area contributed by atoms with E-state index >= 15 is 0 Å². The van der Waals surface area contributed by atoms with E-state index < -0.39 is 0 Å². The largest absolute Gasteiger partial charge is 0.385 e. The van der Waals surface area contributed by atoms with E-state index in [1.165, 1.54) is 50.6 Å². The molecule has 2 heterocycles. The Kier molecular flexibility index (Phi) is 3.84. The van der Waals surface area contributed by atoms with Crippen LogP contribution in [0.4, 0.5) is 5.69 Å². The SMILES string of the molecule is c1cc(CCCC2CCCO2)c2c(c1)NCCC2. The third-order valence-corrected chi connectivity index (χ3v) is 4.19. The van der Waals surface area contributed by atoms with Crippen LogP contribution in [-0.2, 0) is 17.6 Å². The fourth-order valence-corrected chi connectivity index (χ4v) is 3.21. The molecule has 1 N–H and O–H groups in total. The lowest BCUT2D eigenvalue weighted by molar-refractivity contribution is 0.102. The van der Waals surface area contributed by atoms with Crippen LogP contribution >= 0.6 is 0 Å². The van der Waals surface area contributed by atoms with Gasteiger partial charge in [-0.05, 0) is 62.1 Å². The molecule has 2 aliphatic heterocycles. The Balaban J connectivity index is 1.58. The maximum atomic E-state index is 5.69. The molecule has 2 aliphatic rings. The van der Waals surface area contributed by atoms with Gasteiger partial charge in [0.1, 0.15) is 0 Å². The van der Waals surface area contributed by atoms with Crippen molar-refractivity contribution in [3.05, 3.63) is 29.3 Å². The van der Waals surface area contributed by atoms with Crippen molar-refractivity contribution in [1.29, 1.82) is 0 Å². The van der Waals surface area contributed by atoms with Crippen molar-refractivity contribution in [3.8, 4) is 0 Å². The minimum Gasteiger partial charge on any atom is -0.385 e. The van der Waals surface area contributed by atoms with E-state index in [0.29, 0.717) is 6.10 Å². The van der Waals surface area contributed by atoms with Gasteiger partial charge < -0.3 is 10.1 Å². The average Bonchev–Trinajstić information content (AvgIpc) is 2.92. The molecule has 1 fully saturated rings. The summed E-state index contributed by atoms with van der Waals surface area (Å²) in [6.45, 7) is 2.11. The number of hydrogen-bond donors (Lipinski definition) is 1. The summed E-state index contributed by atoms with van der Waals surface area (Å²) in [5.74, 6) is 0. The Morgan fingerprint density at radius 2 is 2.28 bits per heavy atom. The Bertz CT molecular complexity index is 396. The zero-order valence-corrected chi connectivity index (χ0v) is 11.1. The number of nitrogens with one attached hydrogen (secondary N) is 1. The van der Waals surface area contributed by atoms with Gasteiger partial charge in [-0.1, -0.05) is 12.1 Å². The zero-order valence-electron chi connectivity index (χ0n) is 11.1. The van der Waals surface area contributed by atoms with Gasteiger partial charge in [-0.2, -0.15) is 0 Å². The highest BCUT2D eigenvalue weighted by atomic mass is 16.5. The predicted molar refractivity (Wildman–Crippen MR) is 75.2 cm³/mol. The van der Waals surface area contributed by atoms with Crippen LogP contribution in [0.3, 0.4) is 0 Å². The molecule has 2 nitrogen and oxygen atoms in total. The summed E-state index contributed by atoms with van der Waals surface area (Å²) in [5.41, 5.74) is 4.49. The molecule has 2 heteroatoms. The number of fused-ring (bicyclic) bond motifs is 1. The number of aryl methyl sites for hydroxylation is 1. The maximum absolute atomic E-state index is 5.69. The Morgan fingerprint density at radius 3 is 3.17 bits per heavy atom.